The maximum Gasteiger partial charge on any atom is 0.451 e. The van der Waals surface area contributed by atoms with Crippen molar-refractivity contribution in [2.24, 2.45) is 5.73 Å². The summed E-state index contributed by atoms with van der Waals surface area (Å²) < 4.78 is 55.9. The molecule has 0 saturated carbocycles. The van der Waals surface area contributed by atoms with Crippen molar-refractivity contribution >= 4 is 35.9 Å². The number of hydrogen-bond donors (Lipinski definition) is 3. The summed E-state index contributed by atoms with van der Waals surface area (Å²) in [5.74, 6) is -4.43. The summed E-state index contributed by atoms with van der Waals surface area (Å²) in [6.45, 7) is 5.44. The van der Waals surface area contributed by atoms with Crippen LogP contribution in [-0.4, -0.2) is 54.1 Å². The summed E-state index contributed by atoms with van der Waals surface area (Å²) in [5, 5.41) is 15.9. The molecule has 5 rings (SSSR count). The lowest BCUT2D eigenvalue weighted by atomic mass is 9.98. The number of amides is 1. The lowest BCUT2D eigenvalue weighted by Crippen LogP contribution is -2.29. The molecular formula is C28H26ClF4N7O5. The van der Waals surface area contributed by atoms with Gasteiger partial charge in [-0.05, 0) is 48.6 Å². The fraction of sp³-hybridized carbons (Fsp3) is 0.250. The van der Waals surface area contributed by atoms with Gasteiger partial charge in [0.25, 0.3) is 5.91 Å². The molecule has 1 aromatic carbocycles. The number of benzene rings is 1. The molecule has 3 aromatic heterocycles. The van der Waals surface area contributed by atoms with E-state index in [2.05, 4.69) is 31.9 Å². The number of esters is 1. The number of carbonyl (C=O) groups is 3. The van der Waals surface area contributed by atoms with Crippen LogP contribution in [0.15, 0.2) is 49.3 Å². The Morgan fingerprint density at radius 1 is 1.24 bits per heavy atom. The van der Waals surface area contributed by atoms with E-state index < -0.39 is 41.4 Å². The number of alkyl halides is 3. The number of rotatable bonds is 7. The predicted molar refractivity (Wildman–Crippen MR) is 152 cm³/mol. The number of nitrogens with two attached hydrogens (primary N) is 1. The van der Waals surface area contributed by atoms with E-state index in [1.165, 1.54) is 12.1 Å². The summed E-state index contributed by atoms with van der Waals surface area (Å²) in [4.78, 5) is 46.6. The second-order valence-electron chi connectivity index (χ2n) is 9.39. The number of halogens is 5. The minimum Gasteiger partial charge on any atom is -0.477 e. The van der Waals surface area contributed by atoms with Crippen LogP contribution in [-0.2, 0) is 23.9 Å². The number of fused-ring (bicyclic) bond motifs is 2. The second kappa shape index (κ2) is 14.2. The highest BCUT2D eigenvalue weighted by molar-refractivity contribution is 5.96. The molecular weight excluding hydrogens is 626 g/mol. The van der Waals surface area contributed by atoms with Gasteiger partial charge in [0.05, 0.1) is 23.5 Å². The van der Waals surface area contributed by atoms with Gasteiger partial charge in [0.15, 0.2) is 17.2 Å². The average molecular weight is 652 g/mol. The molecule has 0 aliphatic heterocycles. The number of carbonyl (C=O) groups excluding carboxylic acids is 2. The number of carboxylic acid groups (broad SMARTS) is 1. The zero-order valence-electron chi connectivity index (χ0n) is 23.5. The Balaban J connectivity index is 0.000000359. The van der Waals surface area contributed by atoms with E-state index in [1.54, 1.807) is 12.1 Å². The lowest BCUT2D eigenvalue weighted by molar-refractivity contribution is -0.145. The van der Waals surface area contributed by atoms with Crippen LogP contribution in [0.4, 0.5) is 17.6 Å². The van der Waals surface area contributed by atoms with E-state index in [0.717, 1.165) is 39.7 Å². The van der Waals surface area contributed by atoms with Gasteiger partial charge in [-0.3, -0.25) is 4.79 Å². The van der Waals surface area contributed by atoms with Gasteiger partial charge < -0.3 is 20.9 Å². The van der Waals surface area contributed by atoms with Gasteiger partial charge >= 0.3 is 18.1 Å². The van der Waals surface area contributed by atoms with Crippen LogP contribution in [0.25, 0.3) is 5.65 Å². The Kier molecular flexibility index (Phi) is 10.9. The molecule has 0 unspecified atom stereocenters. The first-order chi connectivity index (χ1) is 20.8. The minimum atomic E-state index is -4.49. The molecule has 4 N–H and O–H groups in total. The van der Waals surface area contributed by atoms with Crippen molar-refractivity contribution in [1.29, 1.82) is 0 Å². The van der Waals surface area contributed by atoms with Crippen LogP contribution in [0.1, 0.15) is 72.0 Å². The Labute approximate surface area is 258 Å². The van der Waals surface area contributed by atoms with Crippen molar-refractivity contribution in [3.63, 3.8) is 0 Å². The molecule has 1 aliphatic rings. The molecule has 0 fully saturated rings. The van der Waals surface area contributed by atoms with Crippen LogP contribution >= 0.6 is 12.4 Å². The molecule has 1 amide bonds. The highest BCUT2D eigenvalue weighted by Gasteiger charge is 2.34. The average Bonchev–Trinajstić information content (AvgIpc) is 3.59. The van der Waals surface area contributed by atoms with Gasteiger partial charge in [0.1, 0.15) is 12.3 Å². The first-order valence-electron chi connectivity index (χ1n) is 12.9. The van der Waals surface area contributed by atoms with E-state index in [9.17, 15) is 37.1 Å². The third-order valence-corrected chi connectivity index (χ3v) is 6.61. The molecule has 0 bridgehead atoms. The second-order valence-corrected chi connectivity index (χ2v) is 9.39. The number of carboxylic acids is 1. The molecule has 17 heteroatoms. The Hall–Kier alpha value is -4.96. The molecule has 12 nitrogen and oxygen atoms in total. The largest absolute Gasteiger partial charge is 0.477 e. The molecule has 0 radical (unpaired) electrons. The summed E-state index contributed by atoms with van der Waals surface area (Å²) in [6, 6.07) is 5.45. The third kappa shape index (κ3) is 7.58. The van der Waals surface area contributed by atoms with Crippen LogP contribution in [0.2, 0.25) is 0 Å². The smallest absolute Gasteiger partial charge is 0.451 e. The molecule has 1 aliphatic carbocycles. The summed E-state index contributed by atoms with van der Waals surface area (Å²) in [6.07, 6.45) is 0.121. The summed E-state index contributed by atoms with van der Waals surface area (Å²) in [5.41, 5.74) is 7.35. The molecule has 45 heavy (non-hydrogen) atoms. The predicted octanol–water partition coefficient (Wildman–Crippen LogP) is 4.01. The van der Waals surface area contributed by atoms with Crippen molar-refractivity contribution in [3.8, 4) is 0 Å². The number of nitrogens with one attached hydrogen (secondary N) is 1. The van der Waals surface area contributed by atoms with Gasteiger partial charge in [0.2, 0.25) is 5.82 Å². The summed E-state index contributed by atoms with van der Waals surface area (Å²) >= 11 is 0. The number of aromatic nitrogens is 5. The van der Waals surface area contributed by atoms with Crippen molar-refractivity contribution in [2.45, 2.75) is 38.5 Å². The van der Waals surface area contributed by atoms with E-state index >= 15 is 0 Å². The maximum atomic E-state index is 13.9. The van der Waals surface area contributed by atoms with Crippen LogP contribution in [0.5, 0.6) is 0 Å². The normalized spacial score (nSPS) is 13.6. The molecule has 0 saturated heterocycles. The topological polar surface area (TPSA) is 175 Å². The third-order valence-electron chi connectivity index (χ3n) is 6.61. The van der Waals surface area contributed by atoms with E-state index in [-0.39, 0.29) is 48.6 Å². The monoisotopic (exact) mass is 651 g/mol. The van der Waals surface area contributed by atoms with E-state index in [1.807, 2.05) is 6.92 Å². The zero-order valence-corrected chi connectivity index (χ0v) is 24.3. The molecule has 4 aromatic rings. The molecule has 0 spiro atoms. The van der Waals surface area contributed by atoms with Gasteiger partial charge in [-0.1, -0.05) is 18.7 Å². The fourth-order valence-corrected chi connectivity index (χ4v) is 4.55. The van der Waals surface area contributed by atoms with Crippen LogP contribution < -0.4 is 11.1 Å². The van der Waals surface area contributed by atoms with Gasteiger partial charge in [-0.2, -0.15) is 18.3 Å². The standard InChI is InChI=1S/C22H19FN4O5.C6H6F3N3.ClH/c1-3-8-32-22(31)13-4-5-14-12(11(13)2)6-7-16(14)26-20(28)18-9-17(21(29)30)25-19-15(23)10-24-27(18)19;7-6(8,9)5-11-2-1-4(3-10)12-5;/h3-5,9-10,16H,1,6-8H2,2H3,(H,26,28)(H,29,30);1-2H,3,10H2;1H/t16-;;/m0../s1. The SMILES string of the molecule is C=CCOC(=O)c1ccc2c(c1C)CC[C@@H]2NC(=O)c1cc(C(=O)O)nc2c(F)cnn12.Cl.NCc1ccnc(C(F)(F)F)n1. The van der Waals surface area contributed by atoms with Gasteiger partial charge in [-0.15, -0.1) is 12.4 Å². The van der Waals surface area contributed by atoms with E-state index in [0.29, 0.717) is 18.4 Å². The fourth-order valence-electron chi connectivity index (χ4n) is 4.55. The van der Waals surface area contributed by atoms with Crippen molar-refractivity contribution in [1.82, 2.24) is 29.9 Å². The molecule has 238 valence electrons. The maximum absolute atomic E-state index is 13.9. The van der Waals surface area contributed by atoms with Crippen molar-refractivity contribution in [3.05, 3.63) is 100 Å². The van der Waals surface area contributed by atoms with Crippen LogP contribution in [0, 0.1) is 12.7 Å². The van der Waals surface area contributed by atoms with E-state index in [4.69, 9.17) is 10.5 Å². The highest BCUT2D eigenvalue weighted by atomic mass is 35.5. The Morgan fingerprint density at radius 3 is 2.62 bits per heavy atom. The van der Waals surface area contributed by atoms with Gasteiger partial charge in [-0.25, -0.2) is 33.4 Å². The number of aromatic carboxylic acids is 1. The van der Waals surface area contributed by atoms with Crippen molar-refractivity contribution in [2.75, 3.05) is 6.61 Å². The zero-order chi connectivity index (χ0) is 32.2. The Morgan fingerprint density at radius 2 is 1.98 bits per heavy atom. The quantitative estimate of drug-likeness (QED) is 0.150. The first kappa shape index (κ1) is 34.5. The lowest BCUT2D eigenvalue weighted by Gasteiger charge is -2.16. The van der Waals surface area contributed by atoms with Crippen LogP contribution in [0.3, 0.4) is 0 Å². The number of hydrogen-bond acceptors (Lipinski definition) is 9. The molecule has 1 atom stereocenters. The van der Waals surface area contributed by atoms with Gasteiger partial charge in [0, 0.05) is 18.8 Å². The minimum absolute atomic E-state index is 0. The first-order valence-corrected chi connectivity index (χ1v) is 12.9. The number of nitrogens with zero attached hydrogens (tertiary/aromatic N) is 5. The summed E-state index contributed by atoms with van der Waals surface area (Å²) in [7, 11) is 0. The number of ether oxygens (including phenoxy) is 1. The highest BCUT2D eigenvalue weighted by Crippen LogP contribution is 2.35. The van der Waals surface area contributed by atoms with Crippen molar-refractivity contribution < 1.29 is 41.8 Å². The Bertz CT molecular complexity index is 1760. The molecule has 3 heterocycles.